The molecule has 2 amide bonds. The number of carbonyl (C=O) groups excluding carboxylic acids is 2. The van der Waals surface area contributed by atoms with Crippen LogP contribution in [0.1, 0.15) is 21.9 Å². The van der Waals surface area contributed by atoms with Crippen LogP contribution < -0.4 is 10.6 Å². The molecule has 1 saturated heterocycles. The third kappa shape index (κ3) is 6.39. The molecule has 0 unspecified atom stereocenters. The molecular weight excluding hydrogens is 554 g/mol. The Morgan fingerprint density at radius 3 is 2.74 bits per heavy atom. The largest absolute Gasteiger partial charge is 0.453 e. The van der Waals surface area contributed by atoms with E-state index in [0.29, 0.717) is 28.4 Å². The Morgan fingerprint density at radius 2 is 1.91 bits per heavy atom. The standard InChI is InChI=1S/C29H31N9O5/c1-19-3-4-21(27-34-26(43-35-27)17-31-29(40)41-2)13-23(19)33-28(39)24-16-30-25-14-20(5-6-38(24)25)22-15-32-37(18-22)8-7-36-9-11-42-12-10-36/h3-6,13-16,18H,7-12,17H2,1-2H3,(H,31,40)(H,33,39). The van der Waals surface area contributed by atoms with Gasteiger partial charge in [-0.25, -0.2) is 9.78 Å². The Morgan fingerprint density at radius 1 is 1.05 bits per heavy atom. The van der Waals surface area contributed by atoms with Crippen molar-refractivity contribution in [3.05, 3.63) is 72.3 Å². The van der Waals surface area contributed by atoms with Crippen LogP contribution in [0.25, 0.3) is 28.2 Å². The van der Waals surface area contributed by atoms with Gasteiger partial charge in [0, 0.05) is 48.8 Å². The number of alkyl carbamates (subject to hydrolysis) is 1. The van der Waals surface area contributed by atoms with Crippen LogP contribution in [0.2, 0.25) is 0 Å². The monoisotopic (exact) mass is 585 g/mol. The van der Waals surface area contributed by atoms with Crippen molar-refractivity contribution in [3.8, 4) is 22.5 Å². The lowest BCUT2D eigenvalue weighted by atomic mass is 10.1. The summed E-state index contributed by atoms with van der Waals surface area (Å²) in [7, 11) is 1.27. The van der Waals surface area contributed by atoms with Crippen molar-refractivity contribution in [2.75, 3.05) is 45.3 Å². The maximum atomic E-state index is 13.3. The maximum absolute atomic E-state index is 13.3. The van der Waals surface area contributed by atoms with Gasteiger partial charge in [-0.05, 0) is 36.2 Å². The molecule has 0 spiro atoms. The lowest BCUT2D eigenvalue weighted by molar-refractivity contribution is 0.0360. The zero-order valence-electron chi connectivity index (χ0n) is 23.8. The molecule has 0 atom stereocenters. The molecule has 43 heavy (non-hydrogen) atoms. The van der Waals surface area contributed by atoms with Crippen molar-refractivity contribution in [1.82, 2.24) is 39.5 Å². The first kappa shape index (κ1) is 28.1. The van der Waals surface area contributed by atoms with E-state index in [0.717, 1.165) is 56.1 Å². The number of hydrogen-bond acceptors (Lipinski definition) is 10. The third-order valence-corrected chi connectivity index (χ3v) is 7.24. The van der Waals surface area contributed by atoms with Crippen LogP contribution in [0, 0.1) is 6.92 Å². The number of anilines is 1. The topological polar surface area (TPSA) is 154 Å². The molecule has 0 bridgehead atoms. The van der Waals surface area contributed by atoms with Gasteiger partial charge in [-0.2, -0.15) is 10.1 Å². The number of imidazole rings is 1. The summed E-state index contributed by atoms with van der Waals surface area (Å²) in [6, 6.07) is 9.34. The lowest BCUT2D eigenvalue weighted by Crippen LogP contribution is -2.38. The molecule has 1 aliphatic heterocycles. The van der Waals surface area contributed by atoms with E-state index >= 15 is 0 Å². The van der Waals surface area contributed by atoms with Gasteiger partial charge in [0.05, 0.1) is 39.3 Å². The highest BCUT2D eigenvalue weighted by Gasteiger charge is 2.17. The van der Waals surface area contributed by atoms with Crippen molar-refractivity contribution in [1.29, 1.82) is 0 Å². The number of morpholine rings is 1. The van der Waals surface area contributed by atoms with Gasteiger partial charge in [0.25, 0.3) is 5.91 Å². The smallest absolute Gasteiger partial charge is 0.407 e. The number of aryl methyl sites for hydroxylation is 1. The van der Waals surface area contributed by atoms with Crippen LogP contribution >= 0.6 is 0 Å². The van der Waals surface area contributed by atoms with E-state index in [4.69, 9.17) is 9.26 Å². The minimum absolute atomic E-state index is 0.0302. The molecule has 1 aromatic carbocycles. The molecule has 5 aromatic rings. The first-order valence-electron chi connectivity index (χ1n) is 13.8. The number of fused-ring (bicyclic) bond motifs is 1. The zero-order chi connectivity index (χ0) is 29.8. The second-order valence-corrected chi connectivity index (χ2v) is 10.1. The summed E-state index contributed by atoms with van der Waals surface area (Å²) in [5.74, 6) is 0.230. The molecule has 0 saturated carbocycles. The Balaban J connectivity index is 1.13. The number of pyridine rings is 1. The van der Waals surface area contributed by atoms with Crippen LogP contribution in [-0.2, 0) is 22.6 Å². The van der Waals surface area contributed by atoms with Gasteiger partial charge >= 0.3 is 6.09 Å². The van der Waals surface area contributed by atoms with Crippen molar-refractivity contribution in [2.45, 2.75) is 20.0 Å². The first-order chi connectivity index (χ1) is 21.0. The van der Waals surface area contributed by atoms with Gasteiger partial charge < -0.3 is 24.6 Å². The highest BCUT2D eigenvalue weighted by atomic mass is 16.5. The number of rotatable bonds is 9. The summed E-state index contributed by atoms with van der Waals surface area (Å²) in [5.41, 5.74) is 5.08. The highest BCUT2D eigenvalue weighted by Crippen LogP contribution is 2.25. The van der Waals surface area contributed by atoms with Gasteiger partial charge in [-0.15, -0.1) is 0 Å². The number of carbonyl (C=O) groups is 2. The molecule has 2 N–H and O–H groups in total. The highest BCUT2D eigenvalue weighted by molar-refractivity contribution is 6.04. The van der Waals surface area contributed by atoms with Gasteiger partial charge in [0.2, 0.25) is 11.7 Å². The Kier molecular flexibility index (Phi) is 8.11. The van der Waals surface area contributed by atoms with Crippen LogP contribution in [-0.4, -0.2) is 86.2 Å². The molecule has 4 aromatic heterocycles. The first-order valence-corrected chi connectivity index (χ1v) is 13.8. The Bertz CT molecular complexity index is 1750. The van der Waals surface area contributed by atoms with E-state index in [1.54, 1.807) is 16.7 Å². The van der Waals surface area contributed by atoms with Gasteiger partial charge in [0.15, 0.2) is 0 Å². The van der Waals surface area contributed by atoms with Crippen molar-refractivity contribution in [2.24, 2.45) is 0 Å². The predicted octanol–water partition coefficient (Wildman–Crippen LogP) is 3.00. The molecule has 0 radical (unpaired) electrons. The molecular formula is C29H31N9O5. The molecule has 14 nitrogen and oxygen atoms in total. The lowest BCUT2D eigenvalue weighted by Gasteiger charge is -2.26. The average Bonchev–Trinajstić information content (AvgIpc) is 3.80. The molecule has 1 aliphatic rings. The molecule has 6 rings (SSSR count). The summed E-state index contributed by atoms with van der Waals surface area (Å²) in [6.45, 7) is 7.10. The van der Waals surface area contributed by atoms with Gasteiger partial charge in [-0.3, -0.25) is 18.8 Å². The number of ether oxygens (including phenoxy) is 2. The number of benzene rings is 1. The number of nitrogens with zero attached hydrogens (tertiary/aromatic N) is 7. The second kappa shape index (κ2) is 12.4. The summed E-state index contributed by atoms with van der Waals surface area (Å²) < 4.78 is 18.9. The third-order valence-electron chi connectivity index (χ3n) is 7.24. The molecule has 14 heteroatoms. The Hall–Kier alpha value is -5.08. The molecule has 222 valence electrons. The molecule has 5 heterocycles. The number of nitrogens with one attached hydrogen (secondary N) is 2. The summed E-state index contributed by atoms with van der Waals surface area (Å²) in [5, 5.41) is 14.0. The second-order valence-electron chi connectivity index (χ2n) is 10.1. The van der Waals surface area contributed by atoms with E-state index in [9.17, 15) is 9.59 Å². The average molecular weight is 586 g/mol. The maximum Gasteiger partial charge on any atom is 0.407 e. The van der Waals surface area contributed by atoms with E-state index in [1.165, 1.54) is 7.11 Å². The van der Waals surface area contributed by atoms with Crippen LogP contribution in [0.5, 0.6) is 0 Å². The number of aromatic nitrogens is 6. The van der Waals surface area contributed by atoms with E-state index in [-0.39, 0.29) is 18.3 Å². The summed E-state index contributed by atoms with van der Waals surface area (Å²) in [6.07, 6.45) is 6.67. The normalized spacial score (nSPS) is 13.7. The van der Waals surface area contributed by atoms with E-state index < -0.39 is 6.09 Å². The number of methoxy groups -OCH3 is 1. The van der Waals surface area contributed by atoms with Crippen molar-refractivity contribution >= 4 is 23.3 Å². The Labute approximate surface area is 246 Å². The van der Waals surface area contributed by atoms with Crippen molar-refractivity contribution in [3.63, 3.8) is 0 Å². The van der Waals surface area contributed by atoms with Crippen LogP contribution in [0.3, 0.4) is 0 Å². The van der Waals surface area contributed by atoms with E-state index in [1.807, 2.05) is 54.5 Å². The number of amides is 2. The van der Waals surface area contributed by atoms with Gasteiger partial charge in [-0.1, -0.05) is 17.3 Å². The predicted molar refractivity (Wildman–Crippen MR) is 155 cm³/mol. The fourth-order valence-corrected chi connectivity index (χ4v) is 4.78. The fourth-order valence-electron chi connectivity index (χ4n) is 4.78. The molecule has 1 fully saturated rings. The minimum Gasteiger partial charge on any atom is -0.453 e. The van der Waals surface area contributed by atoms with Crippen LogP contribution in [0.4, 0.5) is 10.5 Å². The zero-order valence-corrected chi connectivity index (χ0v) is 23.8. The summed E-state index contributed by atoms with van der Waals surface area (Å²) in [4.78, 5) is 35.8. The summed E-state index contributed by atoms with van der Waals surface area (Å²) >= 11 is 0. The fraction of sp³-hybridized carbons (Fsp3) is 0.310. The SMILES string of the molecule is COC(=O)NCc1nc(-c2ccc(C)c(NC(=O)c3cnc4cc(-c5cnn(CCN6CCOCC6)c5)ccn34)c2)no1. The van der Waals surface area contributed by atoms with E-state index in [2.05, 4.69) is 40.5 Å². The van der Waals surface area contributed by atoms with Gasteiger partial charge in [0.1, 0.15) is 17.9 Å². The minimum atomic E-state index is -0.602. The quantitative estimate of drug-likeness (QED) is 0.264. The van der Waals surface area contributed by atoms with Crippen molar-refractivity contribution < 1.29 is 23.6 Å². The number of hydrogen-bond donors (Lipinski definition) is 2. The van der Waals surface area contributed by atoms with Crippen LogP contribution in [0.15, 0.2) is 59.6 Å². The molecule has 0 aliphatic carbocycles.